The molecule has 4 aromatic rings. The zero-order valence-electron chi connectivity index (χ0n) is 22.8. The van der Waals surface area contributed by atoms with Crippen molar-refractivity contribution in [2.24, 2.45) is 0 Å². The molecule has 3 heterocycles. The summed E-state index contributed by atoms with van der Waals surface area (Å²) in [5, 5.41) is 6.21. The Bertz CT molecular complexity index is 1590. The van der Waals surface area contributed by atoms with Gasteiger partial charge in [0.05, 0.1) is 17.3 Å². The zero-order valence-corrected chi connectivity index (χ0v) is 23.6. The summed E-state index contributed by atoms with van der Waals surface area (Å²) in [6.45, 7) is 3.78. The number of rotatable bonds is 9. The van der Waals surface area contributed by atoms with Crippen molar-refractivity contribution in [3.05, 3.63) is 95.3 Å². The van der Waals surface area contributed by atoms with E-state index < -0.39 is 40.2 Å². The third kappa shape index (κ3) is 6.76. The molecule has 1 aliphatic rings. The van der Waals surface area contributed by atoms with Gasteiger partial charge in [0, 0.05) is 55.1 Å². The standard InChI is InChI=1S/C29H29F3N6O3S/c1-17-23(13-21(30)24(25(17)31)26(38-42(39)40)18-7-4-3-5-8-18)41-27-20(9-6-11-34-27)22-10-12-35-28(37-22)36-19-14-29(2,32)16-33-15-19/h3-13,19,26,33,38H,14-16H2,1-2H3,(H,39,40)(H,35,36,37)/t19-,26?,29-/m0/s1. The Kier molecular flexibility index (Phi) is 8.82. The summed E-state index contributed by atoms with van der Waals surface area (Å²) in [7, 11) is 0. The van der Waals surface area contributed by atoms with E-state index in [9.17, 15) is 13.2 Å². The number of hydrogen-bond acceptors (Lipinski definition) is 7. The third-order valence-electron chi connectivity index (χ3n) is 6.89. The largest absolute Gasteiger partial charge is 0.438 e. The van der Waals surface area contributed by atoms with Gasteiger partial charge in [-0.15, -0.1) is 0 Å². The second-order valence-electron chi connectivity index (χ2n) is 10.2. The number of piperidine rings is 1. The topological polar surface area (TPSA) is 121 Å². The van der Waals surface area contributed by atoms with E-state index in [2.05, 4.69) is 30.3 Å². The van der Waals surface area contributed by atoms with Crippen LogP contribution < -0.4 is 20.1 Å². The Balaban J connectivity index is 1.45. The van der Waals surface area contributed by atoms with Crippen molar-refractivity contribution < 1.29 is 26.7 Å². The molecule has 0 radical (unpaired) electrons. The van der Waals surface area contributed by atoms with Crippen LogP contribution >= 0.6 is 0 Å². The van der Waals surface area contributed by atoms with Gasteiger partial charge in [0.2, 0.25) is 23.1 Å². The molecule has 220 valence electrons. The predicted molar refractivity (Wildman–Crippen MR) is 153 cm³/mol. The van der Waals surface area contributed by atoms with E-state index in [1.807, 2.05) is 0 Å². The van der Waals surface area contributed by atoms with Crippen LogP contribution in [-0.2, 0) is 11.3 Å². The van der Waals surface area contributed by atoms with Gasteiger partial charge in [-0.2, -0.15) is 0 Å². The molecule has 2 aromatic heterocycles. The van der Waals surface area contributed by atoms with Crippen LogP contribution in [0.4, 0.5) is 19.1 Å². The third-order valence-corrected chi connectivity index (χ3v) is 7.33. The van der Waals surface area contributed by atoms with Crippen LogP contribution in [-0.4, -0.2) is 48.5 Å². The van der Waals surface area contributed by atoms with Crippen LogP contribution in [0.25, 0.3) is 11.3 Å². The van der Waals surface area contributed by atoms with Gasteiger partial charge in [0.25, 0.3) is 0 Å². The molecule has 2 unspecified atom stereocenters. The van der Waals surface area contributed by atoms with Gasteiger partial charge in [0.15, 0.2) is 0 Å². The fraction of sp³-hybridized carbons (Fsp3) is 0.276. The highest BCUT2D eigenvalue weighted by molar-refractivity contribution is 7.77. The van der Waals surface area contributed by atoms with Gasteiger partial charge in [0.1, 0.15) is 23.1 Å². The first-order chi connectivity index (χ1) is 20.1. The summed E-state index contributed by atoms with van der Waals surface area (Å²) in [6.07, 6.45) is 3.29. The second kappa shape index (κ2) is 12.5. The maximum atomic E-state index is 15.7. The number of benzene rings is 2. The van der Waals surface area contributed by atoms with Gasteiger partial charge in [-0.25, -0.2) is 37.1 Å². The number of nitrogens with zero attached hydrogens (tertiary/aromatic N) is 3. The first-order valence-corrected chi connectivity index (χ1v) is 14.2. The number of ether oxygens (including phenoxy) is 1. The highest BCUT2D eigenvalue weighted by Gasteiger charge is 2.32. The fourth-order valence-corrected chi connectivity index (χ4v) is 5.38. The Morgan fingerprint density at radius 3 is 2.67 bits per heavy atom. The van der Waals surface area contributed by atoms with Crippen LogP contribution in [0, 0.1) is 18.6 Å². The lowest BCUT2D eigenvalue weighted by Crippen LogP contribution is -2.50. The molecule has 0 saturated carbocycles. The molecule has 2 aromatic carbocycles. The zero-order chi connectivity index (χ0) is 29.9. The van der Waals surface area contributed by atoms with Crippen molar-refractivity contribution in [3.8, 4) is 22.9 Å². The first kappa shape index (κ1) is 29.6. The van der Waals surface area contributed by atoms with E-state index in [1.54, 1.807) is 48.5 Å². The lowest BCUT2D eigenvalue weighted by Gasteiger charge is -2.33. The lowest BCUT2D eigenvalue weighted by atomic mass is 9.95. The molecule has 1 aliphatic heterocycles. The number of alkyl halides is 1. The summed E-state index contributed by atoms with van der Waals surface area (Å²) < 4.78 is 75.0. The number of anilines is 1. The van der Waals surface area contributed by atoms with Crippen molar-refractivity contribution in [1.29, 1.82) is 0 Å². The quantitative estimate of drug-likeness (QED) is 0.193. The van der Waals surface area contributed by atoms with E-state index in [0.717, 1.165) is 6.07 Å². The molecule has 13 heteroatoms. The van der Waals surface area contributed by atoms with E-state index >= 15 is 8.78 Å². The first-order valence-electron chi connectivity index (χ1n) is 13.1. The molecule has 0 aliphatic carbocycles. The van der Waals surface area contributed by atoms with Crippen LogP contribution in [0.1, 0.15) is 36.1 Å². The highest BCUT2D eigenvalue weighted by Crippen LogP contribution is 2.37. The molecule has 0 spiro atoms. The lowest BCUT2D eigenvalue weighted by molar-refractivity contribution is 0.137. The summed E-state index contributed by atoms with van der Waals surface area (Å²) in [5.74, 6) is -1.73. The highest BCUT2D eigenvalue weighted by atomic mass is 32.2. The predicted octanol–water partition coefficient (Wildman–Crippen LogP) is 5.24. The van der Waals surface area contributed by atoms with E-state index in [1.165, 1.54) is 26.2 Å². The van der Waals surface area contributed by atoms with Gasteiger partial charge in [-0.3, -0.25) is 4.55 Å². The average Bonchev–Trinajstić information content (AvgIpc) is 2.95. The maximum absolute atomic E-state index is 15.7. The molecule has 4 N–H and O–H groups in total. The number of nitrogens with one attached hydrogen (secondary N) is 3. The molecule has 1 fully saturated rings. The monoisotopic (exact) mass is 598 g/mol. The van der Waals surface area contributed by atoms with Crippen LogP contribution in [0.2, 0.25) is 0 Å². The Labute approximate surface area is 243 Å². The summed E-state index contributed by atoms with van der Waals surface area (Å²) in [4.78, 5) is 13.1. The molecule has 0 bridgehead atoms. The van der Waals surface area contributed by atoms with Crippen molar-refractivity contribution in [2.75, 3.05) is 18.4 Å². The minimum atomic E-state index is -2.55. The Morgan fingerprint density at radius 1 is 1.14 bits per heavy atom. The smallest absolute Gasteiger partial charge is 0.232 e. The average molecular weight is 599 g/mol. The number of aromatic nitrogens is 3. The number of pyridine rings is 1. The van der Waals surface area contributed by atoms with Crippen molar-refractivity contribution in [1.82, 2.24) is 25.0 Å². The van der Waals surface area contributed by atoms with E-state index in [4.69, 9.17) is 4.74 Å². The summed E-state index contributed by atoms with van der Waals surface area (Å²) >= 11 is -2.55. The van der Waals surface area contributed by atoms with Crippen LogP contribution in [0.15, 0.2) is 67.0 Å². The van der Waals surface area contributed by atoms with Gasteiger partial charge < -0.3 is 15.4 Å². The molecule has 0 amide bonds. The Morgan fingerprint density at radius 2 is 1.93 bits per heavy atom. The maximum Gasteiger partial charge on any atom is 0.232 e. The fourth-order valence-electron chi connectivity index (χ4n) is 4.93. The summed E-state index contributed by atoms with van der Waals surface area (Å²) in [5.41, 5.74) is -0.560. The molecular formula is C29H29F3N6O3S. The summed E-state index contributed by atoms with van der Waals surface area (Å²) in [6, 6.07) is 12.8. The van der Waals surface area contributed by atoms with E-state index in [0.29, 0.717) is 23.4 Å². The van der Waals surface area contributed by atoms with Gasteiger partial charge in [-0.05, 0) is 37.6 Å². The van der Waals surface area contributed by atoms with Crippen molar-refractivity contribution in [2.45, 2.75) is 38.0 Å². The minimum Gasteiger partial charge on any atom is -0.438 e. The molecule has 1 saturated heterocycles. The SMILES string of the molecule is Cc1c(Oc2ncccc2-c2ccnc(N[C@@H]3CNC[C@@](C)(F)C3)n2)cc(F)c(C(NS(=O)O)c2ccccc2)c1F. The molecule has 4 atom stereocenters. The van der Waals surface area contributed by atoms with Crippen LogP contribution in [0.5, 0.6) is 11.6 Å². The van der Waals surface area contributed by atoms with Crippen LogP contribution in [0.3, 0.4) is 0 Å². The van der Waals surface area contributed by atoms with E-state index in [-0.39, 0.29) is 42.1 Å². The second-order valence-corrected chi connectivity index (χ2v) is 11.0. The minimum absolute atomic E-state index is 0.0291. The molecule has 5 rings (SSSR count). The molecular weight excluding hydrogens is 569 g/mol. The van der Waals surface area contributed by atoms with Gasteiger partial charge in [-0.1, -0.05) is 30.3 Å². The van der Waals surface area contributed by atoms with Crippen molar-refractivity contribution in [3.63, 3.8) is 0 Å². The van der Waals surface area contributed by atoms with Gasteiger partial charge >= 0.3 is 0 Å². The number of halogens is 3. The molecule has 42 heavy (non-hydrogen) atoms. The molecule has 9 nitrogen and oxygen atoms in total. The normalized spacial score (nSPS) is 20.1. The Hall–Kier alpha value is -3.91. The van der Waals surface area contributed by atoms with Crippen molar-refractivity contribution >= 4 is 17.2 Å². The number of hydrogen-bond donors (Lipinski definition) is 4.